The van der Waals surface area contributed by atoms with Gasteiger partial charge >= 0.3 is 0 Å². The summed E-state index contributed by atoms with van der Waals surface area (Å²) in [7, 11) is 0. The summed E-state index contributed by atoms with van der Waals surface area (Å²) >= 11 is 3.12. The lowest BCUT2D eigenvalue weighted by atomic mass is 10.0. The van der Waals surface area contributed by atoms with Crippen LogP contribution in [0.2, 0.25) is 0 Å². The average Bonchev–Trinajstić information content (AvgIpc) is 2.48. The lowest BCUT2D eigenvalue weighted by Gasteiger charge is -2.27. The molecular formula is C16H14BrFN2O. The zero-order valence-corrected chi connectivity index (χ0v) is 12.8. The van der Waals surface area contributed by atoms with Crippen molar-refractivity contribution in [1.29, 1.82) is 0 Å². The maximum atomic E-state index is 13.6. The van der Waals surface area contributed by atoms with Crippen molar-refractivity contribution < 1.29 is 9.18 Å². The molecule has 5 heteroatoms. The van der Waals surface area contributed by atoms with Gasteiger partial charge in [-0.2, -0.15) is 0 Å². The highest BCUT2D eigenvalue weighted by Crippen LogP contribution is 2.32. The Labute approximate surface area is 130 Å². The van der Waals surface area contributed by atoms with Crippen molar-refractivity contribution in [1.82, 2.24) is 0 Å². The minimum Gasteiger partial charge on any atom is -0.372 e. The van der Waals surface area contributed by atoms with Gasteiger partial charge in [0.05, 0.1) is 15.8 Å². The fourth-order valence-corrected chi connectivity index (χ4v) is 2.75. The lowest BCUT2D eigenvalue weighted by Crippen LogP contribution is -2.39. The second-order valence-corrected chi connectivity index (χ2v) is 5.88. The van der Waals surface area contributed by atoms with E-state index in [1.807, 2.05) is 30.3 Å². The number of hydrogen-bond donors (Lipinski definition) is 2. The molecule has 1 aliphatic heterocycles. The molecule has 0 bridgehead atoms. The second-order valence-electron chi connectivity index (χ2n) is 5.02. The third kappa shape index (κ3) is 3.08. The first-order valence-corrected chi connectivity index (χ1v) is 7.53. The number of hydrogen-bond acceptors (Lipinski definition) is 2. The van der Waals surface area contributed by atoms with Gasteiger partial charge < -0.3 is 10.6 Å². The summed E-state index contributed by atoms with van der Waals surface area (Å²) < 4.78 is 13.9. The van der Waals surface area contributed by atoms with Gasteiger partial charge in [-0.15, -0.1) is 0 Å². The molecule has 2 N–H and O–H groups in total. The zero-order chi connectivity index (χ0) is 14.8. The Balaban J connectivity index is 1.73. The van der Waals surface area contributed by atoms with Crippen molar-refractivity contribution in [2.24, 2.45) is 0 Å². The van der Waals surface area contributed by atoms with E-state index in [2.05, 4.69) is 26.6 Å². The fourth-order valence-electron chi connectivity index (χ4n) is 2.40. The van der Waals surface area contributed by atoms with Gasteiger partial charge in [-0.1, -0.05) is 30.3 Å². The third-order valence-electron chi connectivity index (χ3n) is 3.53. The molecule has 1 unspecified atom stereocenters. The molecule has 0 aliphatic carbocycles. The smallest absolute Gasteiger partial charge is 0.246 e. The number of benzene rings is 2. The number of carbonyl (C=O) groups is 1. The van der Waals surface area contributed by atoms with Crippen molar-refractivity contribution in [2.45, 2.75) is 18.9 Å². The maximum Gasteiger partial charge on any atom is 0.246 e. The zero-order valence-electron chi connectivity index (χ0n) is 11.2. The minimum atomic E-state index is -0.349. The van der Waals surface area contributed by atoms with Crippen molar-refractivity contribution >= 4 is 33.2 Å². The predicted octanol–water partition coefficient (Wildman–Crippen LogP) is 3.95. The van der Waals surface area contributed by atoms with Crippen molar-refractivity contribution in [3.05, 3.63) is 58.3 Å². The Morgan fingerprint density at radius 2 is 1.90 bits per heavy atom. The van der Waals surface area contributed by atoms with Crippen LogP contribution in [0.3, 0.4) is 0 Å². The quantitative estimate of drug-likeness (QED) is 0.881. The highest BCUT2D eigenvalue weighted by molar-refractivity contribution is 9.10. The minimum absolute atomic E-state index is 0.0862. The van der Waals surface area contributed by atoms with Crippen LogP contribution in [-0.4, -0.2) is 11.9 Å². The standard InChI is InChI=1S/C16H14BrFN2O/c17-11-8-14-15(9-12(11)18)19-13(16(21)20-14)7-6-10-4-2-1-3-5-10/h1-5,8-9,13,19H,6-7H2,(H,20,21). The van der Waals surface area contributed by atoms with E-state index in [0.29, 0.717) is 22.3 Å². The van der Waals surface area contributed by atoms with Gasteiger partial charge in [-0.05, 0) is 40.4 Å². The summed E-state index contributed by atoms with van der Waals surface area (Å²) in [5, 5.41) is 5.93. The van der Waals surface area contributed by atoms with Gasteiger partial charge in [-0.3, -0.25) is 4.79 Å². The molecule has 2 aromatic rings. The predicted molar refractivity (Wildman–Crippen MR) is 84.9 cm³/mol. The maximum absolute atomic E-state index is 13.6. The number of rotatable bonds is 3. The molecular weight excluding hydrogens is 335 g/mol. The summed E-state index contributed by atoms with van der Waals surface area (Å²) in [4.78, 5) is 12.1. The van der Waals surface area contributed by atoms with Crippen LogP contribution in [0.15, 0.2) is 46.9 Å². The molecule has 0 saturated carbocycles. The Kier molecular flexibility index (Phi) is 3.92. The molecule has 0 fully saturated rings. The van der Waals surface area contributed by atoms with Crippen LogP contribution >= 0.6 is 15.9 Å². The van der Waals surface area contributed by atoms with Crippen LogP contribution in [0.25, 0.3) is 0 Å². The van der Waals surface area contributed by atoms with Gasteiger partial charge in [0.15, 0.2) is 0 Å². The van der Waals surface area contributed by atoms with Crippen LogP contribution in [-0.2, 0) is 11.2 Å². The molecule has 1 heterocycles. The molecule has 3 nitrogen and oxygen atoms in total. The number of halogens is 2. The van der Waals surface area contributed by atoms with E-state index in [4.69, 9.17) is 0 Å². The molecule has 1 atom stereocenters. The van der Waals surface area contributed by atoms with Crippen LogP contribution in [0, 0.1) is 5.82 Å². The van der Waals surface area contributed by atoms with Crippen molar-refractivity contribution in [2.75, 3.05) is 10.6 Å². The Bertz CT molecular complexity index is 675. The Morgan fingerprint density at radius 3 is 2.67 bits per heavy atom. The Hall–Kier alpha value is -1.88. The van der Waals surface area contributed by atoms with Gasteiger partial charge in [0.1, 0.15) is 11.9 Å². The first-order valence-electron chi connectivity index (χ1n) is 6.74. The van der Waals surface area contributed by atoms with Crippen molar-refractivity contribution in [3.8, 4) is 0 Å². The summed E-state index contributed by atoms with van der Waals surface area (Å²) in [5.41, 5.74) is 2.40. The third-order valence-corrected chi connectivity index (χ3v) is 4.14. The van der Waals surface area contributed by atoms with E-state index < -0.39 is 0 Å². The van der Waals surface area contributed by atoms with E-state index >= 15 is 0 Å². The van der Waals surface area contributed by atoms with Gasteiger partial charge in [0.25, 0.3) is 0 Å². The molecule has 2 aromatic carbocycles. The normalized spacial score (nSPS) is 16.9. The summed E-state index contributed by atoms with van der Waals surface area (Å²) in [5.74, 6) is -0.434. The van der Waals surface area contributed by atoms with E-state index in [0.717, 1.165) is 6.42 Å². The number of fused-ring (bicyclic) bond motifs is 1. The molecule has 0 saturated heterocycles. The van der Waals surface area contributed by atoms with Crippen molar-refractivity contribution in [3.63, 3.8) is 0 Å². The Morgan fingerprint density at radius 1 is 1.14 bits per heavy atom. The largest absolute Gasteiger partial charge is 0.372 e. The number of aryl methyl sites for hydroxylation is 1. The number of amides is 1. The highest BCUT2D eigenvalue weighted by Gasteiger charge is 2.26. The first kappa shape index (κ1) is 14.1. The van der Waals surface area contributed by atoms with Gasteiger partial charge in [-0.25, -0.2) is 4.39 Å². The van der Waals surface area contributed by atoms with Gasteiger partial charge in [0, 0.05) is 6.07 Å². The lowest BCUT2D eigenvalue weighted by molar-refractivity contribution is -0.117. The van der Waals surface area contributed by atoms with Crippen LogP contribution in [0.1, 0.15) is 12.0 Å². The number of nitrogens with one attached hydrogen (secondary N) is 2. The SMILES string of the molecule is O=C1Nc2cc(Br)c(F)cc2NC1CCc1ccccc1. The van der Waals surface area contributed by atoms with Gasteiger partial charge in [0.2, 0.25) is 5.91 Å². The van der Waals surface area contributed by atoms with E-state index in [1.54, 1.807) is 6.07 Å². The first-order chi connectivity index (χ1) is 10.1. The van der Waals surface area contributed by atoms with E-state index in [-0.39, 0.29) is 17.8 Å². The molecule has 3 rings (SSSR count). The summed E-state index contributed by atoms with van der Waals surface area (Å²) in [6.07, 6.45) is 1.45. The monoisotopic (exact) mass is 348 g/mol. The number of carbonyl (C=O) groups excluding carboxylic acids is 1. The van der Waals surface area contributed by atoms with E-state index in [1.165, 1.54) is 11.6 Å². The molecule has 1 aliphatic rings. The summed E-state index contributed by atoms with van der Waals surface area (Å²) in [6.45, 7) is 0. The summed E-state index contributed by atoms with van der Waals surface area (Å²) in [6, 6.07) is 12.6. The molecule has 0 spiro atoms. The topological polar surface area (TPSA) is 41.1 Å². The average molecular weight is 349 g/mol. The van der Waals surface area contributed by atoms with Crippen LogP contribution < -0.4 is 10.6 Å². The molecule has 0 aromatic heterocycles. The molecule has 21 heavy (non-hydrogen) atoms. The van der Waals surface area contributed by atoms with Crippen LogP contribution in [0.4, 0.5) is 15.8 Å². The van der Waals surface area contributed by atoms with Crippen LogP contribution in [0.5, 0.6) is 0 Å². The second kappa shape index (κ2) is 5.85. The molecule has 1 amide bonds. The highest BCUT2D eigenvalue weighted by atomic mass is 79.9. The molecule has 0 radical (unpaired) electrons. The molecule has 108 valence electrons. The fraction of sp³-hybridized carbons (Fsp3) is 0.188. The number of anilines is 2. The van der Waals surface area contributed by atoms with E-state index in [9.17, 15) is 9.18 Å².